The van der Waals surface area contributed by atoms with Gasteiger partial charge in [-0.2, -0.15) is 11.8 Å². The van der Waals surface area contributed by atoms with Crippen molar-refractivity contribution in [3.8, 4) is 5.75 Å². The van der Waals surface area contributed by atoms with Gasteiger partial charge in [0.15, 0.2) is 0 Å². The molecule has 1 aliphatic carbocycles. The first-order chi connectivity index (χ1) is 9.63. The number of aryl methyl sites for hydroxylation is 1. The second-order valence-corrected chi connectivity index (χ2v) is 6.57. The Labute approximate surface area is 125 Å². The summed E-state index contributed by atoms with van der Waals surface area (Å²) in [5.41, 5.74) is 1.45. The third-order valence-electron chi connectivity index (χ3n) is 3.63. The van der Waals surface area contributed by atoms with Gasteiger partial charge in [-0.15, -0.1) is 0 Å². The fraction of sp³-hybridized carbons (Fsp3) is 0.562. The molecular weight excluding hydrogens is 272 g/mol. The summed E-state index contributed by atoms with van der Waals surface area (Å²) in [5.74, 6) is 2.82. The van der Waals surface area contributed by atoms with Gasteiger partial charge in [0.05, 0.1) is 20.1 Å². The largest absolute Gasteiger partial charge is 0.493 e. The van der Waals surface area contributed by atoms with E-state index in [0.717, 1.165) is 30.1 Å². The van der Waals surface area contributed by atoms with E-state index >= 15 is 0 Å². The molecular formula is C16H22O3S. The van der Waals surface area contributed by atoms with Gasteiger partial charge >= 0.3 is 5.97 Å². The third kappa shape index (κ3) is 4.75. The number of benzene rings is 1. The quantitative estimate of drug-likeness (QED) is 0.543. The molecule has 1 fully saturated rings. The Bertz CT molecular complexity index is 438. The summed E-state index contributed by atoms with van der Waals surface area (Å²) in [4.78, 5) is 11.3. The van der Waals surface area contributed by atoms with Crippen molar-refractivity contribution in [1.29, 1.82) is 0 Å². The molecule has 3 nitrogen and oxygen atoms in total. The fourth-order valence-electron chi connectivity index (χ4n) is 2.07. The van der Waals surface area contributed by atoms with Gasteiger partial charge in [-0.3, -0.25) is 4.79 Å². The minimum absolute atomic E-state index is 0.0843. The van der Waals surface area contributed by atoms with E-state index in [1.165, 1.54) is 12.7 Å². The van der Waals surface area contributed by atoms with Crippen molar-refractivity contribution in [2.45, 2.75) is 26.2 Å². The van der Waals surface area contributed by atoms with Crippen LogP contribution in [0, 0.1) is 12.3 Å². The molecule has 1 saturated carbocycles. The molecule has 0 bridgehead atoms. The van der Waals surface area contributed by atoms with E-state index in [4.69, 9.17) is 9.47 Å². The van der Waals surface area contributed by atoms with Crippen LogP contribution >= 0.6 is 11.8 Å². The van der Waals surface area contributed by atoms with Crippen LogP contribution in [0.25, 0.3) is 0 Å². The van der Waals surface area contributed by atoms with E-state index in [2.05, 4.69) is 19.1 Å². The summed E-state index contributed by atoms with van der Waals surface area (Å²) >= 11 is 1.86. The van der Waals surface area contributed by atoms with Crippen molar-refractivity contribution >= 4 is 17.7 Å². The molecule has 0 saturated heterocycles. The van der Waals surface area contributed by atoms with Crippen LogP contribution in [0.3, 0.4) is 0 Å². The van der Waals surface area contributed by atoms with Gasteiger partial charge in [0.25, 0.3) is 0 Å². The minimum Gasteiger partial charge on any atom is -0.493 e. The lowest BCUT2D eigenvalue weighted by Crippen LogP contribution is -2.14. The molecule has 110 valence electrons. The number of esters is 1. The number of thioether (sulfide) groups is 1. The molecule has 0 spiro atoms. The Hall–Kier alpha value is -1.16. The molecule has 0 radical (unpaired) electrons. The summed E-state index contributed by atoms with van der Waals surface area (Å²) < 4.78 is 10.4. The van der Waals surface area contributed by atoms with Gasteiger partial charge in [-0.05, 0) is 43.1 Å². The second-order valence-electron chi connectivity index (χ2n) is 5.47. The van der Waals surface area contributed by atoms with Crippen molar-refractivity contribution in [2.24, 2.45) is 5.41 Å². The summed E-state index contributed by atoms with van der Waals surface area (Å²) in [7, 11) is 1.46. The number of hydrogen-bond donors (Lipinski definition) is 0. The Morgan fingerprint density at radius 3 is 2.60 bits per heavy atom. The normalized spacial score (nSPS) is 15.7. The molecule has 0 N–H and O–H groups in total. The monoisotopic (exact) mass is 294 g/mol. The number of ether oxygens (including phenoxy) is 2. The summed E-state index contributed by atoms with van der Waals surface area (Å²) in [6.45, 7) is 2.78. The number of methoxy groups -OCH3 is 1. The highest BCUT2D eigenvalue weighted by molar-refractivity contribution is 7.99. The smallest absolute Gasteiger partial charge is 0.306 e. The molecule has 4 heteroatoms. The first-order valence-corrected chi connectivity index (χ1v) is 8.13. The standard InChI is InChI=1S/C16H22O3S/c1-13-3-5-14(6-4-13)19-9-10-20-12-16(7-8-16)11-15(17)18-2/h3-6H,7-12H2,1-2H3. The highest BCUT2D eigenvalue weighted by atomic mass is 32.2. The molecule has 0 atom stereocenters. The highest BCUT2D eigenvalue weighted by Crippen LogP contribution is 2.51. The molecule has 1 aliphatic rings. The van der Waals surface area contributed by atoms with Crippen molar-refractivity contribution in [3.05, 3.63) is 29.8 Å². The van der Waals surface area contributed by atoms with Crippen LogP contribution < -0.4 is 4.74 Å². The van der Waals surface area contributed by atoms with Crippen LogP contribution in [0.5, 0.6) is 5.75 Å². The first-order valence-electron chi connectivity index (χ1n) is 6.98. The predicted molar refractivity (Wildman–Crippen MR) is 82.3 cm³/mol. The van der Waals surface area contributed by atoms with E-state index < -0.39 is 0 Å². The molecule has 20 heavy (non-hydrogen) atoms. The average molecular weight is 294 g/mol. The van der Waals surface area contributed by atoms with Gasteiger partial charge < -0.3 is 9.47 Å². The molecule has 0 amide bonds. The Balaban J connectivity index is 1.60. The van der Waals surface area contributed by atoms with Gasteiger partial charge in [-0.1, -0.05) is 17.7 Å². The van der Waals surface area contributed by atoms with Gasteiger partial charge in [0.2, 0.25) is 0 Å². The molecule has 0 aromatic heterocycles. The first kappa shape index (κ1) is 15.2. The second kappa shape index (κ2) is 7.02. The van der Waals surface area contributed by atoms with Crippen molar-refractivity contribution in [1.82, 2.24) is 0 Å². The van der Waals surface area contributed by atoms with Crippen LogP contribution in [0.15, 0.2) is 24.3 Å². The topological polar surface area (TPSA) is 35.5 Å². The van der Waals surface area contributed by atoms with Crippen molar-refractivity contribution in [3.63, 3.8) is 0 Å². The zero-order chi connectivity index (χ0) is 14.4. The zero-order valence-corrected chi connectivity index (χ0v) is 13.0. The minimum atomic E-state index is -0.0843. The maximum absolute atomic E-state index is 11.3. The van der Waals surface area contributed by atoms with Gasteiger partial charge in [0.1, 0.15) is 5.75 Å². The van der Waals surface area contributed by atoms with Crippen LogP contribution in [-0.2, 0) is 9.53 Å². The van der Waals surface area contributed by atoms with Crippen LogP contribution in [0.1, 0.15) is 24.8 Å². The summed E-state index contributed by atoms with van der Waals surface area (Å²) in [6.07, 6.45) is 2.86. The maximum Gasteiger partial charge on any atom is 0.306 e. The lowest BCUT2D eigenvalue weighted by Gasteiger charge is -2.13. The SMILES string of the molecule is COC(=O)CC1(CSCCOc2ccc(C)cc2)CC1. The lowest BCUT2D eigenvalue weighted by atomic mass is 10.1. The van der Waals surface area contributed by atoms with E-state index in [0.29, 0.717) is 13.0 Å². The third-order valence-corrected chi connectivity index (χ3v) is 4.90. The van der Waals surface area contributed by atoms with Gasteiger partial charge in [-0.25, -0.2) is 0 Å². The predicted octanol–water partition coefficient (Wildman–Crippen LogP) is 3.45. The summed E-state index contributed by atoms with van der Waals surface area (Å²) in [5, 5.41) is 0. The Morgan fingerprint density at radius 2 is 2.00 bits per heavy atom. The van der Waals surface area contributed by atoms with Crippen molar-refractivity contribution < 1.29 is 14.3 Å². The molecule has 0 heterocycles. The number of carbonyl (C=O) groups excluding carboxylic acids is 1. The van der Waals surface area contributed by atoms with E-state index in [1.807, 2.05) is 23.9 Å². The fourth-order valence-corrected chi connectivity index (χ4v) is 3.24. The van der Waals surface area contributed by atoms with Crippen LogP contribution in [0.4, 0.5) is 0 Å². The average Bonchev–Trinajstić information content (AvgIpc) is 3.20. The van der Waals surface area contributed by atoms with E-state index in [9.17, 15) is 4.79 Å². The maximum atomic E-state index is 11.3. The number of carbonyl (C=O) groups is 1. The zero-order valence-electron chi connectivity index (χ0n) is 12.2. The number of rotatable bonds is 8. The van der Waals surface area contributed by atoms with Crippen LogP contribution in [0.2, 0.25) is 0 Å². The van der Waals surface area contributed by atoms with E-state index in [1.54, 1.807) is 0 Å². The van der Waals surface area contributed by atoms with Crippen LogP contribution in [-0.4, -0.2) is 31.2 Å². The highest BCUT2D eigenvalue weighted by Gasteiger charge is 2.44. The molecule has 1 aromatic carbocycles. The molecule has 2 rings (SSSR count). The molecule has 0 unspecified atom stereocenters. The summed E-state index contributed by atoms with van der Waals surface area (Å²) in [6, 6.07) is 8.11. The Kier molecular flexibility index (Phi) is 5.35. The van der Waals surface area contributed by atoms with E-state index in [-0.39, 0.29) is 11.4 Å². The van der Waals surface area contributed by atoms with Gasteiger partial charge in [0, 0.05) is 5.75 Å². The molecule has 1 aromatic rings. The van der Waals surface area contributed by atoms with Crippen molar-refractivity contribution in [2.75, 3.05) is 25.2 Å². The lowest BCUT2D eigenvalue weighted by molar-refractivity contribution is -0.141. The molecule has 0 aliphatic heterocycles. The Morgan fingerprint density at radius 1 is 1.30 bits per heavy atom. The number of hydrogen-bond acceptors (Lipinski definition) is 4.